The first-order valence-corrected chi connectivity index (χ1v) is 6.84. The zero-order valence-electron chi connectivity index (χ0n) is 10.5. The van der Waals surface area contributed by atoms with Gasteiger partial charge in [-0.05, 0) is 28.1 Å². The summed E-state index contributed by atoms with van der Waals surface area (Å²) in [6.07, 6.45) is 3.38. The summed E-state index contributed by atoms with van der Waals surface area (Å²) in [6, 6.07) is 11.0. The lowest BCUT2D eigenvalue weighted by Crippen LogP contribution is -1.93. The average Bonchev–Trinajstić information content (AvgIpc) is 2.47. The number of fused-ring (bicyclic) bond motifs is 1. The summed E-state index contributed by atoms with van der Waals surface area (Å²) in [5.41, 5.74) is 2.16. The van der Waals surface area contributed by atoms with Crippen molar-refractivity contribution < 1.29 is 9.84 Å². The van der Waals surface area contributed by atoms with E-state index in [9.17, 15) is 5.11 Å². The topological polar surface area (TPSA) is 55.2 Å². The van der Waals surface area contributed by atoms with E-state index < -0.39 is 0 Å². The van der Waals surface area contributed by atoms with Crippen LogP contribution in [-0.4, -0.2) is 15.1 Å². The highest BCUT2D eigenvalue weighted by atomic mass is 79.9. The van der Waals surface area contributed by atoms with Crippen LogP contribution >= 0.6 is 15.9 Å². The second-order valence-electron chi connectivity index (χ2n) is 4.20. The van der Waals surface area contributed by atoms with Gasteiger partial charge in [0.1, 0.15) is 11.3 Å². The van der Waals surface area contributed by atoms with Crippen molar-refractivity contribution in [3.63, 3.8) is 0 Å². The number of hydrogen-bond acceptors (Lipinski definition) is 4. The molecule has 0 saturated heterocycles. The smallest absolute Gasteiger partial charge is 0.156 e. The third-order valence-electron chi connectivity index (χ3n) is 2.87. The third kappa shape index (κ3) is 2.50. The lowest BCUT2D eigenvalue weighted by atomic mass is 10.2. The summed E-state index contributed by atoms with van der Waals surface area (Å²) in [5, 5.41) is 9.33. The van der Waals surface area contributed by atoms with Crippen LogP contribution in [0.25, 0.3) is 11.0 Å². The number of aliphatic hydroxyl groups excluding tert-OH is 1. The molecule has 0 radical (unpaired) electrons. The molecule has 5 heteroatoms. The molecule has 100 valence electrons. The lowest BCUT2D eigenvalue weighted by molar-refractivity contribution is 0.276. The molecule has 2 aromatic heterocycles. The maximum absolute atomic E-state index is 9.33. The molecule has 2 heterocycles. The maximum atomic E-state index is 9.33. The molecule has 0 aliphatic rings. The van der Waals surface area contributed by atoms with Gasteiger partial charge in [-0.2, -0.15) is 0 Å². The molecule has 1 aromatic carbocycles. The number of ether oxygens (including phenoxy) is 1. The molecule has 0 fully saturated rings. The van der Waals surface area contributed by atoms with Gasteiger partial charge in [-0.1, -0.05) is 18.2 Å². The Morgan fingerprint density at radius 2 is 1.95 bits per heavy atom. The van der Waals surface area contributed by atoms with Crippen molar-refractivity contribution >= 4 is 27.0 Å². The fourth-order valence-corrected chi connectivity index (χ4v) is 2.24. The molecular formula is C15H11BrN2O2. The summed E-state index contributed by atoms with van der Waals surface area (Å²) in [5.74, 6) is 1.23. The molecular weight excluding hydrogens is 320 g/mol. The molecule has 3 rings (SSSR count). The van der Waals surface area contributed by atoms with Crippen LogP contribution in [0, 0.1) is 0 Å². The van der Waals surface area contributed by atoms with Gasteiger partial charge in [0, 0.05) is 28.5 Å². The predicted octanol–water partition coefficient (Wildman–Crippen LogP) is 3.68. The van der Waals surface area contributed by atoms with E-state index in [-0.39, 0.29) is 6.61 Å². The number of halogens is 1. The second kappa shape index (κ2) is 5.56. The summed E-state index contributed by atoms with van der Waals surface area (Å²) in [7, 11) is 0. The molecule has 0 amide bonds. The molecule has 4 nitrogen and oxygen atoms in total. The van der Waals surface area contributed by atoms with Gasteiger partial charge in [-0.25, -0.2) is 4.98 Å². The minimum atomic E-state index is -0.0713. The number of nitrogens with zero attached hydrogens (tertiary/aromatic N) is 2. The van der Waals surface area contributed by atoms with Gasteiger partial charge in [-0.3, -0.25) is 4.98 Å². The Balaban J connectivity index is 2.07. The number of pyridine rings is 2. The van der Waals surface area contributed by atoms with Crippen LogP contribution in [-0.2, 0) is 6.61 Å². The molecule has 0 unspecified atom stereocenters. The van der Waals surface area contributed by atoms with Crippen molar-refractivity contribution in [1.82, 2.24) is 9.97 Å². The number of hydrogen-bond donors (Lipinski definition) is 1. The van der Waals surface area contributed by atoms with E-state index in [0.29, 0.717) is 17.0 Å². The monoisotopic (exact) mass is 330 g/mol. The summed E-state index contributed by atoms with van der Waals surface area (Å²) in [6.45, 7) is -0.0713. The first-order chi connectivity index (χ1) is 9.78. The first-order valence-electron chi connectivity index (χ1n) is 6.05. The van der Waals surface area contributed by atoms with Crippen LogP contribution in [0.2, 0.25) is 0 Å². The van der Waals surface area contributed by atoms with Gasteiger partial charge in [-0.15, -0.1) is 0 Å². The molecule has 1 N–H and O–H groups in total. The first kappa shape index (κ1) is 13.0. The highest BCUT2D eigenvalue weighted by molar-refractivity contribution is 9.10. The van der Waals surface area contributed by atoms with E-state index in [0.717, 1.165) is 15.6 Å². The largest absolute Gasteiger partial charge is 0.455 e. The van der Waals surface area contributed by atoms with E-state index in [1.165, 1.54) is 0 Å². The van der Waals surface area contributed by atoms with Crippen LogP contribution in [0.15, 0.2) is 53.3 Å². The van der Waals surface area contributed by atoms with E-state index in [1.54, 1.807) is 18.5 Å². The van der Waals surface area contributed by atoms with Gasteiger partial charge in [0.05, 0.1) is 12.1 Å². The Labute approximate surface area is 124 Å². The van der Waals surface area contributed by atoms with Crippen LogP contribution in [0.1, 0.15) is 5.56 Å². The number of para-hydroxylation sites is 1. The highest BCUT2D eigenvalue weighted by Gasteiger charge is 2.08. The van der Waals surface area contributed by atoms with Crippen molar-refractivity contribution in [3.05, 3.63) is 58.8 Å². The SMILES string of the molecule is OCc1ccccc1Oc1ccnc2cc(Br)cnc12. The van der Waals surface area contributed by atoms with Crippen LogP contribution in [0.4, 0.5) is 0 Å². The van der Waals surface area contributed by atoms with Crippen LogP contribution in [0.5, 0.6) is 11.5 Å². The highest BCUT2D eigenvalue weighted by Crippen LogP contribution is 2.30. The van der Waals surface area contributed by atoms with Crippen molar-refractivity contribution in [3.8, 4) is 11.5 Å². The van der Waals surface area contributed by atoms with Gasteiger partial charge < -0.3 is 9.84 Å². The molecule has 20 heavy (non-hydrogen) atoms. The van der Waals surface area contributed by atoms with Gasteiger partial charge in [0.15, 0.2) is 5.75 Å². The normalized spacial score (nSPS) is 10.7. The molecule has 3 aromatic rings. The predicted molar refractivity (Wildman–Crippen MR) is 79.7 cm³/mol. The molecule has 0 bridgehead atoms. The zero-order chi connectivity index (χ0) is 13.9. The van der Waals surface area contributed by atoms with Gasteiger partial charge >= 0.3 is 0 Å². The Morgan fingerprint density at radius 3 is 2.80 bits per heavy atom. The maximum Gasteiger partial charge on any atom is 0.156 e. The number of rotatable bonds is 3. The lowest BCUT2D eigenvalue weighted by Gasteiger charge is -2.10. The molecule has 0 aliphatic heterocycles. The molecule has 0 atom stereocenters. The Bertz CT molecular complexity index is 762. The van der Waals surface area contributed by atoms with Crippen molar-refractivity contribution in [2.45, 2.75) is 6.61 Å². The van der Waals surface area contributed by atoms with E-state index in [2.05, 4.69) is 25.9 Å². The Hall–Kier alpha value is -1.98. The Kier molecular flexibility index (Phi) is 3.62. The van der Waals surface area contributed by atoms with Gasteiger partial charge in [0.25, 0.3) is 0 Å². The van der Waals surface area contributed by atoms with Crippen LogP contribution < -0.4 is 4.74 Å². The van der Waals surface area contributed by atoms with Gasteiger partial charge in [0.2, 0.25) is 0 Å². The zero-order valence-corrected chi connectivity index (χ0v) is 12.0. The minimum absolute atomic E-state index is 0.0713. The van der Waals surface area contributed by atoms with Crippen molar-refractivity contribution in [2.75, 3.05) is 0 Å². The van der Waals surface area contributed by atoms with E-state index in [1.807, 2.05) is 30.3 Å². The molecule has 0 spiro atoms. The summed E-state index contributed by atoms with van der Waals surface area (Å²) in [4.78, 5) is 8.60. The van der Waals surface area contributed by atoms with Crippen LogP contribution in [0.3, 0.4) is 0 Å². The fraction of sp³-hybridized carbons (Fsp3) is 0.0667. The number of aromatic nitrogens is 2. The quantitative estimate of drug-likeness (QED) is 0.795. The minimum Gasteiger partial charge on any atom is -0.455 e. The number of aliphatic hydroxyl groups is 1. The number of benzene rings is 1. The fourth-order valence-electron chi connectivity index (χ4n) is 1.92. The Morgan fingerprint density at radius 1 is 1.10 bits per heavy atom. The van der Waals surface area contributed by atoms with Crippen molar-refractivity contribution in [2.24, 2.45) is 0 Å². The standard InChI is InChI=1S/C15H11BrN2O2/c16-11-7-12-15(18-8-11)14(5-6-17-12)20-13-4-2-1-3-10(13)9-19/h1-8,19H,9H2. The van der Waals surface area contributed by atoms with E-state index >= 15 is 0 Å². The average molecular weight is 331 g/mol. The second-order valence-corrected chi connectivity index (χ2v) is 5.11. The summed E-state index contributed by atoms with van der Waals surface area (Å²) < 4.78 is 6.74. The third-order valence-corrected chi connectivity index (χ3v) is 3.30. The van der Waals surface area contributed by atoms with Crippen molar-refractivity contribution in [1.29, 1.82) is 0 Å². The summed E-state index contributed by atoms with van der Waals surface area (Å²) >= 11 is 3.37. The molecule has 0 saturated carbocycles. The van der Waals surface area contributed by atoms with E-state index in [4.69, 9.17) is 4.74 Å². The molecule has 0 aliphatic carbocycles.